The van der Waals surface area contributed by atoms with Crippen molar-refractivity contribution in [1.29, 1.82) is 5.26 Å². The topological polar surface area (TPSA) is 78.2 Å². The van der Waals surface area contributed by atoms with Gasteiger partial charge in [-0.2, -0.15) is 5.26 Å². The van der Waals surface area contributed by atoms with Crippen molar-refractivity contribution in [3.63, 3.8) is 0 Å². The number of aryl methyl sites for hydroxylation is 1. The summed E-state index contributed by atoms with van der Waals surface area (Å²) < 4.78 is 22.0. The number of aromatic hydroxyl groups is 1. The number of hydrogen-bond acceptors (Lipinski definition) is 4. The molecule has 0 aliphatic heterocycles. The molecule has 1 N–H and O–H groups in total. The Morgan fingerprint density at radius 2 is 2.07 bits per heavy atom. The van der Waals surface area contributed by atoms with Crippen molar-refractivity contribution in [2.75, 3.05) is 0 Å². The van der Waals surface area contributed by atoms with Crippen molar-refractivity contribution in [2.45, 2.75) is 11.8 Å². The molecule has 0 aliphatic carbocycles. The monoisotopic (exact) mass is 231 g/mol. The lowest BCUT2D eigenvalue weighted by molar-refractivity contribution is 0.472. The first-order valence-electron chi connectivity index (χ1n) is 3.54. The molecule has 0 aromatic heterocycles. The van der Waals surface area contributed by atoms with Gasteiger partial charge in [0.1, 0.15) is 16.7 Å². The maximum Gasteiger partial charge on any atom is 0.262 e. The van der Waals surface area contributed by atoms with Crippen molar-refractivity contribution in [3.05, 3.63) is 23.3 Å². The number of halogens is 1. The number of hydrogen-bond donors (Lipinski definition) is 1. The maximum absolute atomic E-state index is 11.0. The Morgan fingerprint density at radius 1 is 1.50 bits per heavy atom. The Bertz CT molecular complexity index is 516. The summed E-state index contributed by atoms with van der Waals surface area (Å²) in [5.74, 6) is -0.235. The number of nitrogens with zero attached hydrogens (tertiary/aromatic N) is 1. The van der Waals surface area contributed by atoms with Crippen molar-refractivity contribution in [2.24, 2.45) is 0 Å². The molecule has 0 amide bonds. The Labute approximate surface area is 85.8 Å². The van der Waals surface area contributed by atoms with Crippen LogP contribution in [0.3, 0.4) is 0 Å². The molecule has 74 valence electrons. The number of rotatable bonds is 1. The van der Waals surface area contributed by atoms with E-state index in [1.807, 2.05) is 0 Å². The van der Waals surface area contributed by atoms with Crippen LogP contribution in [0, 0.1) is 18.3 Å². The highest BCUT2D eigenvalue weighted by atomic mass is 35.7. The fraction of sp³-hybridized carbons (Fsp3) is 0.125. The van der Waals surface area contributed by atoms with Crippen molar-refractivity contribution in [1.82, 2.24) is 0 Å². The third-order valence-corrected chi connectivity index (χ3v) is 3.00. The van der Waals surface area contributed by atoms with Crippen molar-refractivity contribution in [3.8, 4) is 11.8 Å². The predicted molar refractivity (Wildman–Crippen MR) is 50.6 cm³/mol. The van der Waals surface area contributed by atoms with Gasteiger partial charge in [-0.3, -0.25) is 0 Å². The second-order valence-electron chi connectivity index (χ2n) is 2.69. The Kier molecular flexibility index (Phi) is 2.69. The van der Waals surface area contributed by atoms with E-state index in [-0.39, 0.29) is 16.2 Å². The Morgan fingerprint density at radius 3 is 2.50 bits per heavy atom. The van der Waals surface area contributed by atoms with Crippen LogP contribution >= 0.6 is 10.7 Å². The van der Waals surface area contributed by atoms with Gasteiger partial charge in [-0.25, -0.2) is 8.42 Å². The van der Waals surface area contributed by atoms with E-state index in [1.54, 1.807) is 6.07 Å². The van der Waals surface area contributed by atoms with Crippen molar-refractivity contribution < 1.29 is 13.5 Å². The molecule has 1 rings (SSSR count). The van der Waals surface area contributed by atoms with E-state index in [2.05, 4.69) is 0 Å². The van der Waals surface area contributed by atoms with Gasteiger partial charge in [-0.05, 0) is 18.6 Å². The van der Waals surface area contributed by atoms with E-state index in [0.29, 0.717) is 5.56 Å². The third kappa shape index (κ3) is 1.97. The van der Waals surface area contributed by atoms with E-state index >= 15 is 0 Å². The quantitative estimate of drug-likeness (QED) is 0.743. The Balaban J connectivity index is 3.68. The summed E-state index contributed by atoms with van der Waals surface area (Å²) in [5, 5.41) is 17.8. The zero-order chi connectivity index (χ0) is 10.9. The summed E-state index contributed by atoms with van der Waals surface area (Å²) in [6, 6.07) is 3.97. The molecule has 0 bridgehead atoms. The van der Waals surface area contributed by atoms with Gasteiger partial charge < -0.3 is 5.11 Å². The van der Waals surface area contributed by atoms with Crippen LogP contribution in [0.1, 0.15) is 11.1 Å². The molecule has 0 saturated carbocycles. The standard InChI is InChI=1S/C8H6ClNO3S/c1-5-2-6(11)3-8(7(5)4-10)14(9,12)13/h2-3,11H,1H3. The average Bonchev–Trinajstić information content (AvgIpc) is 2.01. The summed E-state index contributed by atoms with van der Waals surface area (Å²) in [5.41, 5.74) is 0.324. The molecule has 4 nitrogen and oxygen atoms in total. The molecule has 0 saturated heterocycles. The normalized spacial score (nSPS) is 10.9. The fourth-order valence-electron chi connectivity index (χ4n) is 1.07. The fourth-order valence-corrected chi connectivity index (χ4v) is 2.15. The SMILES string of the molecule is Cc1cc(O)cc(S(=O)(=O)Cl)c1C#N. The van der Waals surface area contributed by atoms with Crippen LogP contribution < -0.4 is 0 Å². The van der Waals surface area contributed by atoms with E-state index < -0.39 is 9.05 Å². The summed E-state index contributed by atoms with van der Waals surface area (Å²) in [6.07, 6.45) is 0. The van der Waals surface area contributed by atoms with Crippen LogP contribution in [-0.4, -0.2) is 13.5 Å². The molecule has 1 aromatic carbocycles. The van der Waals surface area contributed by atoms with Crippen LogP contribution in [0.15, 0.2) is 17.0 Å². The van der Waals surface area contributed by atoms with Crippen molar-refractivity contribution >= 4 is 19.7 Å². The zero-order valence-corrected chi connectivity index (χ0v) is 8.72. The van der Waals surface area contributed by atoms with Crippen LogP contribution in [0.5, 0.6) is 5.75 Å². The van der Waals surface area contributed by atoms with Gasteiger partial charge in [0.15, 0.2) is 0 Å². The maximum atomic E-state index is 11.0. The zero-order valence-electron chi connectivity index (χ0n) is 7.15. The first-order chi connectivity index (χ1) is 6.36. The number of phenols is 1. The lowest BCUT2D eigenvalue weighted by Gasteiger charge is -2.03. The average molecular weight is 232 g/mol. The second kappa shape index (κ2) is 3.48. The van der Waals surface area contributed by atoms with Crippen LogP contribution in [0.25, 0.3) is 0 Å². The van der Waals surface area contributed by atoms with Gasteiger partial charge in [0.25, 0.3) is 9.05 Å². The number of benzene rings is 1. The molecule has 0 atom stereocenters. The highest BCUT2D eigenvalue weighted by Gasteiger charge is 2.18. The van der Waals surface area contributed by atoms with E-state index in [1.165, 1.54) is 13.0 Å². The minimum Gasteiger partial charge on any atom is -0.508 e. The first kappa shape index (κ1) is 10.8. The highest BCUT2D eigenvalue weighted by Crippen LogP contribution is 2.26. The first-order valence-corrected chi connectivity index (χ1v) is 5.85. The smallest absolute Gasteiger partial charge is 0.262 e. The number of nitriles is 1. The lowest BCUT2D eigenvalue weighted by Crippen LogP contribution is -1.97. The van der Waals surface area contributed by atoms with Crippen LogP contribution in [-0.2, 0) is 9.05 Å². The minimum atomic E-state index is -4.00. The van der Waals surface area contributed by atoms with Gasteiger partial charge in [-0.15, -0.1) is 0 Å². The van der Waals surface area contributed by atoms with Crippen LogP contribution in [0.2, 0.25) is 0 Å². The molecule has 0 unspecified atom stereocenters. The molecule has 0 fully saturated rings. The summed E-state index contributed by atoms with van der Waals surface area (Å²) in [6.45, 7) is 1.52. The highest BCUT2D eigenvalue weighted by molar-refractivity contribution is 8.13. The van der Waals surface area contributed by atoms with Gasteiger partial charge in [0.2, 0.25) is 0 Å². The Hall–Kier alpha value is -1.25. The second-order valence-corrected chi connectivity index (χ2v) is 5.22. The van der Waals surface area contributed by atoms with Gasteiger partial charge >= 0.3 is 0 Å². The van der Waals surface area contributed by atoms with Gasteiger partial charge in [0.05, 0.1) is 5.56 Å². The van der Waals surface area contributed by atoms with Gasteiger partial charge in [0, 0.05) is 16.7 Å². The summed E-state index contributed by atoms with van der Waals surface area (Å²) in [7, 11) is 1.10. The summed E-state index contributed by atoms with van der Waals surface area (Å²) >= 11 is 0. The molecule has 1 aromatic rings. The molecule has 0 radical (unpaired) electrons. The molecule has 14 heavy (non-hydrogen) atoms. The van der Waals surface area contributed by atoms with E-state index in [9.17, 15) is 8.42 Å². The van der Waals surface area contributed by atoms with Gasteiger partial charge in [-0.1, -0.05) is 0 Å². The molecule has 0 heterocycles. The summed E-state index contributed by atoms with van der Waals surface area (Å²) in [4.78, 5) is -0.362. The van der Waals surface area contributed by atoms with Crippen LogP contribution in [0.4, 0.5) is 0 Å². The van der Waals surface area contributed by atoms with E-state index in [4.69, 9.17) is 21.1 Å². The largest absolute Gasteiger partial charge is 0.508 e. The molecule has 0 spiro atoms. The number of phenolic OH excluding ortho intramolecular Hbond substituents is 1. The molecule has 6 heteroatoms. The molecular formula is C8H6ClNO3S. The molecule has 0 aliphatic rings. The van der Waals surface area contributed by atoms with E-state index in [0.717, 1.165) is 6.07 Å². The minimum absolute atomic E-state index is 0.0437. The predicted octanol–water partition coefficient (Wildman–Crippen LogP) is 1.50. The third-order valence-electron chi connectivity index (χ3n) is 1.66. The lowest BCUT2D eigenvalue weighted by atomic mass is 10.1. The molecular weight excluding hydrogens is 226 g/mol.